The number of hydrogen-bond acceptors (Lipinski definition) is 14. The van der Waals surface area contributed by atoms with Gasteiger partial charge in [0.1, 0.15) is 30.1 Å². The molecule has 2 saturated heterocycles. The number of amides is 1. The van der Waals surface area contributed by atoms with Crippen LogP contribution in [0.3, 0.4) is 0 Å². The van der Waals surface area contributed by atoms with E-state index in [-0.39, 0.29) is 37.3 Å². The van der Waals surface area contributed by atoms with Gasteiger partial charge in [-0.15, -0.1) is 0 Å². The molecular formula is C54H86NO14P. The van der Waals surface area contributed by atoms with E-state index < -0.39 is 133 Å². The summed E-state index contributed by atoms with van der Waals surface area (Å²) in [7, 11) is 0.209. The van der Waals surface area contributed by atoms with Gasteiger partial charge in [-0.25, -0.2) is 4.79 Å². The molecule has 0 aromatic carbocycles. The number of carbonyl (C=O) groups is 5. The van der Waals surface area contributed by atoms with Crippen LogP contribution in [0.2, 0.25) is 0 Å². The van der Waals surface area contributed by atoms with Crippen LogP contribution in [0.15, 0.2) is 47.6 Å². The number of cyclic esters (lactones) is 1. The summed E-state index contributed by atoms with van der Waals surface area (Å²) < 4.78 is 90.0. The Morgan fingerprint density at radius 2 is 1.63 bits per heavy atom. The molecular weight excluding hydrogens is 918 g/mol. The average molecular weight is 1010 g/mol. The van der Waals surface area contributed by atoms with Crippen molar-refractivity contribution in [3.05, 3.63) is 47.6 Å². The van der Waals surface area contributed by atoms with Gasteiger partial charge in [-0.05, 0) is 106 Å². The molecule has 3 heterocycles. The molecule has 396 valence electrons. The van der Waals surface area contributed by atoms with E-state index in [1.54, 1.807) is 45.1 Å². The smallest absolute Gasteiger partial charge is 0.329 e. The zero-order valence-electron chi connectivity index (χ0n) is 48.6. The van der Waals surface area contributed by atoms with Crippen LogP contribution in [-0.4, -0.2) is 140 Å². The molecule has 4 rings (SSSR count). The SMILES string of the molecule is [2H]C1(C)[C@@H](C)C(=O)[C@H](OC)[C@H](O)/C(C)=C/[C@@H](C)C(=O)C[C@@H]([C@H](C)C[C@@H]2CC[C@@H](OP(C)(=O)C([2H])([2H])[2H])[C@H](OC)C2)OC(=O)[C@@H]2CCCCN2C(=O)C(=O)[C@]2(O)O[C@@H](CC[C@H]2C)C[C@H](OC)/C(C)=C/C=C/C=C/[C@@]1([2H])C. The van der Waals surface area contributed by atoms with Gasteiger partial charge >= 0.3 is 5.97 Å². The number of ether oxygens (including phenoxy) is 5. The number of aliphatic hydroxyl groups is 2. The lowest BCUT2D eigenvalue weighted by Gasteiger charge is -2.42. The average Bonchev–Trinajstić information content (AvgIpc) is 3.34. The molecule has 17 atom stereocenters. The second-order valence-corrected chi connectivity index (χ2v) is 22.4. The van der Waals surface area contributed by atoms with E-state index in [0.29, 0.717) is 51.4 Å². The van der Waals surface area contributed by atoms with Gasteiger partial charge in [0.2, 0.25) is 5.79 Å². The summed E-state index contributed by atoms with van der Waals surface area (Å²) in [5.74, 6) is -13.4. The van der Waals surface area contributed by atoms with Gasteiger partial charge in [0, 0.05) is 78.6 Å². The minimum Gasteiger partial charge on any atom is -0.460 e. The van der Waals surface area contributed by atoms with Gasteiger partial charge < -0.3 is 43.3 Å². The zero-order valence-corrected chi connectivity index (χ0v) is 44.5. The zero-order chi connectivity index (χ0) is 56.6. The van der Waals surface area contributed by atoms with E-state index in [4.69, 9.17) is 32.3 Å². The Balaban J connectivity index is 1.75. The molecule has 1 aliphatic carbocycles. The van der Waals surface area contributed by atoms with Crippen LogP contribution in [0.4, 0.5) is 0 Å². The van der Waals surface area contributed by atoms with Crippen molar-refractivity contribution < 1.29 is 73.8 Å². The predicted molar refractivity (Wildman–Crippen MR) is 268 cm³/mol. The van der Waals surface area contributed by atoms with Gasteiger partial charge in [-0.3, -0.25) is 23.7 Å². The standard InChI is InChI=1S/C54H86NO14P/c1-32-19-15-14-16-20-33(2)45(64-9)30-41-24-22-37(6)54(62,68-41)51(59)52(60)55-26-18-17-21-42(55)53(61)67-46(35(4)28-40-23-25-44(47(29-40)65-10)69-70(12,13)63)31-43(56)34(3)27-36(5)48(57)50(66-11)49(58)39(8)38(32)7/h14-16,19-20,27,32,34-35,37-42,44-48,50,57,62H,17-18,21-26,28-31H2,1-13H3/b16-14+,19-15+,33-20+,36-27+/t32-,34-,35-,37-,38?,39-,40+,41+,42+,44-,45+,46+,47-,48-,50-,54-/m1/s1/i12D3,32D,38D/t32-,34-,35-,37-,38?,39-,40+,41+,42+,44-,45+,46+,47-,48-,50-,54-,70?. The lowest BCUT2D eigenvalue weighted by molar-refractivity contribution is -0.265. The van der Waals surface area contributed by atoms with Gasteiger partial charge in [-0.2, -0.15) is 0 Å². The van der Waals surface area contributed by atoms with Crippen LogP contribution in [0.5, 0.6) is 0 Å². The molecule has 2 unspecified atom stereocenters. The first-order chi connectivity index (χ1) is 34.8. The van der Waals surface area contributed by atoms with E-state index in [2.05, 4.69) is 0 Å². The maximum absolute atomic E-state index is 14.6. The summed E-state index contributed by atoms with van der Waals surface area (Å²) in [6, 6.07) is -1.24. The topological polar surface area (TPSA) is 201 Å². The first kappa shape index (κ1) is 51.7. The molecule has 3 fully saturated rings. The highest BCUT2D eigenvalue weighted by Crippen LogP contribution is 2.45. The number of aliphatic hydroxyl groups excluding tert-OH is 1. The molecule has 16 heteroatoms. The van der Waals surface area contributed by atoms with Crippen molar-refractivity contribution in [2.75, 3.05) is 41.1 Å². The summed E-state index contributed by atoms with van der Waals surface area (Å²) in [6.07, 6.45) is 6.55. The van der Waals surface area contributed by atoms with Crippen molar-refractivity contribution in [3.8, 4) is 0 Å². The summed E-state index contributed by atoms with van der Waals surface area (Å²) >= 11 is 0. The molecule has 1 amide bonds. The maximum atomic E-state index is 14.6. The molecule has 1 saturated carbocycles. The molecule has 3 aliphatic heterocycles. The molecule has 15 nitrogen and oxygen atoms in total. The third-order valence-corrected chi connectivity index (χ3v) is 15.9. The van der Waals surface area contributed by atoms with Crippen LogP contribution in [0.1, 0.15) is 133 Å². The van der Waals surface area contributed by atoms with Crippen molar-refractivity contribution in [1.82, 2.24) is 4.90 Å². The van der Waals surface area contributed by atoms with Crippen LogP contribution >= 0.6 is 7.37 Å². The van der Waals surface area contributed by atoms with Crippen molar-refractivity contribution in [2.45, 2.75) is 181 Å². The van der Waals surface area contributed by atoms with Crippen LogP contribution in [0.25, 0.3) is 0 Å². The highest BCUT2D eigenvalue weighted by Gasteiger charge is 2.53. The minimum atomic E-state index is -4.02. The van der Waals surface area contributed by atoms with Gasteiger partial charge in [0.25, 0.3) is 11.7 Å². The second kappa shape index (κ2) is 26.7. The van der Waals surface area contributed by atoms with E-state index in [9.17, 15) is 41.5 Å². The van der Waals surface area contributed by atoms with Crippen LogP contribution < -0.4 is 0 Å². The molecule has 2 N–H and O–H groups in total. The minimum absolute atomic E-state index is 0.0151. The number of carbonyl (C=O) groups excluding carboxylic acids is 5. The van der Waals surface area contributed by atoms with E-state index in [1.165, 1.54) is 54.3 Å². The summed E-state index contributed by atoms with van der Waals surface area (Å²) in [5.41, 5.74) is 0.992. The number of methoxy groups -OCH3 is 3. The fourth-order valence-corrected chi connectivity index (χ4v) is 11.1. The number of ketones is 3. The number of allylic oxidation sites excluding steroid dienone is 6. The Kier molecular flexibility index (Phi) is 19.7. The molecule has 0 aromatic rings. The Morgan fingerprint density at radius 1 is 0.914 bits per heavy atom. The van der Waals surface area contributed by atoms with E-state index >= 15 is 0 Å². The number of Topliss-reactive ketones (excluding diaryl/α,β-unsaturated/α-hetero) is 3. The van der Waals surface area contributed by atoms with Gasteiger partial charge in [-0.1, -0.05) is 78.0 Å². The highest BCUT2D eigenvalue weighted by molar-refractivity contribution is 7.57. The highest BCUT2D eigenvalue weighted by atomic mass is 31.2. The molecule has 70 heavy (non-hydrogen) atoms. The summed E-state index contributed by atoms with van der Waals surface area (Å²) in [6.45, 7) is 11.2. The normalized spacial score (nSPS) is 43.7. The first-order valence-electron chi connectivity index (χ1n) is 27.5. The Hall–Kier alpha value is -3.14. The number of rotatable bonds is 8. The number of piperidine rings is 1. The van der Waals surface area contributed by atoms with Crippen molar-refractivity contribution in [3.63, 3.8) is 0 Å². The summed E-state index contributed by atoms with van der Waals surface area (Å²) in [5, 5.41) is 23.6. The Labute approximate surface area is 425 Å². The van der Waals surface area contributed by atoms with Crippen molar-refractivity contribution >= 4 is 36.6 Å². The third kappa shape index (κ3) is 15.7. The molecule has 0 radical (unpaired) electrons. The third-order valence-electron chi connectivity index (χ3n) is 15.2. The Morgan fingerprint density at radius 3 is 2.29 bits per heavy atom. The fourth-order valence-electron chi connectivity index (χ4n) is 10.3. The lowest BCUT2D eigenvalue weighted by atomic mass is 9.78. The number of nitrogens with zero attached hydrogens (tertiary/aromatic N) is 1. The molecule has 4 aliphatic rings. The molecule has 0 aromatic heterocycles. The summed E-state index contributed by atoms with van der Waals surface area (Å²) in [4.78, 5) is 72.8. The van der Waals surface area contributed by atoms with Crippen molar-refractivity contribution in [2.24, 2.45) is 41.4 Å². The fraction of sp³-hybridized carbons (Fsp3) is 0.759. The van der Waals surface area contributed by atoms with E-state index in [1.807, 2.05) is 13.8 Å². The van der Waals surface area contributed by atoms with Gasteiger partial charge in [0.15, 0.2) is 13.2 Å². The second-order valence-electron chi connectivity index (χ2n) is 20.5. The first-order valence-corrected chi connectivity index (χ1v) is 27.1. The van der Waals surface area contributed by atoms with Crippen molar-refractivity contribution in [1.29, 1.82) is 0 Å². The van der Waals surface area contributed by atoms with Gasteiger partial charge in [0.05, 0.1) is 24.4 Å². The van der Waals surface area contributed by atoms with Crippen LogP contribution in [0, 0.1) is 41.4 Å². The monoisotopic (exact) mass is 1010 g/mol. The maximum Gasteiger partial charge on any atom is 0.329 e. The number of esters is 1. The lowest BCUT2D eigenvalue weighted by Crippen LogP contribution is -2.61. The predicted octanol–water partition coefficient (Wildman–Crippen LogP) is 7.99. The largest absolute Gasteiger partial charge is 0.460 e. The number of fused-ring (bicyclic) bond motifs is 3. The van der Waals surface area contributed by atoms with Crippen LogP contribution in [-0.2, 0) is 56.7 Å². The quantitative estimate of drug-likeness (QED) is 0.103. The molecule has 0 spiro atoms. The molecule has 2 bridgehead atoms. The number of hydrogen-bond donors (Lipinski definition) is 2. The van der Waals surface area contributed by atoms with E-state index in [0.717, 1.165) is 17.1 Å². The Bertz CT molecular complexity index is 2200.